The quantitative estimate of drug-likeness (QED) is 0.658. The molecule has 0 fully saturated rings. The lowest BCUT2D eigenvalue weighted by Gasteiger charge is -2.17. The van der Waals surface area contributed by atoms with Gasteiger partial charge < -0.3 is 10.1 Å². The minimum absolute atomic E-state index is 0.000474. The van der Waals surface area contributed by atoms with Crippen LogP contribution in [0.1, 0.15) is 29.7 Å². The number of nitrogens with one attached hydrogen (secondary N) is 1. The number of esters is 1. The molecule has 0 saturated heterocycles. The lowest BCUT2D eigenvalue weighted by molar-refractivity contribution is -0.145. The van der Waals surface area contributed by atoms with E-state index >= 15 is 0 Å². The van der Waals surface area contributed by atoms with E-state index < -0.39 is 5.97 Å². The molecule has 0 aliphatic rings. The molecule has 0 saturated carbocycles. The summed E-state index contributed by atoms with van der Waals surface area (Å²) in [5.41, 5.74) is 1.56. The van der Waals surface area contributed by atoms with Gasteiger partial charge in [-0.1, -0.05) is 31.2 Å². The number of carbonyl (C=O) groups is 2. The van der Waals surface area contributed by atoms with Gasteiger partial charge in [0.2, 0.25) is 0 Å². The second kappa shape index (κ2) is 10.7. The fourth-order valence-corrected chi connectivity index (χ4v) is 3.40. The molecule has 27 heavy (non-hydrogen) atoms. The van der Waals surface area contributed by atoms with Crippen molar-refractivity contribution >= 4 is 23.6 Å². The summed E-state index contributed by atoms with van der Waals surface area (Å²) in [5, 5.41) is 2.32. The van der Waals surface area contributed by atoms with Crippen molar-refractivity contribution in [1.82, 2.24) is 5.32 Å². The highest BCUT2D eigenvalue weighted by atomic mass is 32.2. The van der Waals surface area contributed by atoms with Gasteiger partial charge in [0.1, 0.15) is 11.6 Å². The van der Waals surface area contributed by atoms with E-state index in [9.17, 15) is 18.4 Å². The molecular formula is C20H21F2NO3S. The third kappa shape index (κ3) is 7.02. The third-order valence-electron chi connectivity index (χ3n) is 3.65. The van der Waals surface area contributed by atoms with Gasteiger partial charge in [-0.3, -0.25) is 9.59 Å². The zero-order valence-corrected chi connectivity index (χ0v) is 15.7. The van der Waals surface area contributed by atoms with E-state index in [1.807, 2.05) is 6.92 Å². The van der Waals surface area contributed by atoms with E-state index in [4.69, 9.17) is 4.74 Å². The van der Waals surface area contributed by atoms with Crippen molar-refractivity contribution in [3.63, 3.8) is 0 Å². The molecule has 0 atom stereocenters. The fraction of sp³-hybridized carbons (Fsp3) is 0.300. The Morgan fingerprint density at radius 1 is 1.00 bits per heavy atom. The van der Waals surface area contributed by atoms with E-state index in [0.29, 0.717) is 6.54 Å². The summed E-state index contributed by atoms with van der Waals surface area (Å²) in [6, 6.07) is 11.8. The van der Waals surface area contributed by atoms with Crippen molar-refractivity contribution in [2.75, 3.05) is 18.9 Å². The van der Waals surface area contributed by atoms with Gasteiger partial charge in [-0.25, -0.2) is 8.78 Å². The molecule has 0 radical (unpaired) electrons. The first kappa shape index (κ1) is 20.9. The highest BCUT2D eigenvalue weighted by Crippen LogP contribution is 2.35. The molecule has 1 amide bonds. The first-order valence-electron chi connectivity index (χ1n) is 8.54. The summed E-state index contributed by atoms with van der Waals surface area (Å²) >= 11 is 1.27. The SMILES string of the molecule is CCCNC(=O)COC(=O)CSC(c1ccc(F)cc1)c1ccc(F)cc1. The van der Waals surface area contributed by atoms with E-state index in [2.05, 4.69) is 5.32 Å². The number of hydrogen-bond acceptors (Lipinski definition) is 4. The maximum atomic E-state index is 13.2. The van der Waals surface area contributed by atoms with E-state index in [-0.39, 0.29) is 35.2 Å². The summed E-state index contributed by atoms with van der Waals surface area (Å²) in [4.78, 5) is 23.4. The van der Waals surface area contributed by atoms with E-state index in [0.717, 1.165) is 17.5 Å². The second-order valence-electron chi connectivity index (χ2n) is 5.80. The number of carbonyl (C=O) groups excluding carboxylic acids is 2. The molecule has 0 aromatic heterocycles. The molecule has 0 heterocycles. The van der Waals surface area contributed by atoms with Crippen LogP contribution in [-0.4, -0.2) is 30.8 Å². The minimum Gasteiger partial charge on any atom is -0.455 e. The molecule has 7 heteroatoms. The molecule has 0 spiro atoms. The molecule has 1 N–H and O–H groups in total. The van der Waals surface area contributed by atoms with Crippen LogP contribution >= 0.6 is 11.8 Å². The number of amides is 1. The largest absolute Gasteiger partial charge is 0.455 e. The van der Waals surface area contributed by atoms with Gasteiger partial charge in [0.15, 0.2) is 6.61 Å². The lowest BCUT2D eigenvalue weighted by atomic mass is 10.0. The molecule has 2 aromatic carbocycles. The molecule has 4 nitrogen and oxygen atoms in total. The fourth-order valence-electron chi connectivity index (χ4n) is 2.31. The predicted octanol–water partition coefficient (Wildman–Crippen LogP) is 3.86. The minimum atomic E-state index is -0.527. The van der Waals surface area contributed by atoms with E-state index in [1.165, 1.54) is 36.0 Å². The van der Waals surface area contributed by atoms with Gasteiger partial charge in [-0.2, -0.15) is 0 Å². The topological polar surface area (TPSA) is 55.4 Å². The number of thioether (sulfide) groups is 1. The van der Waals surface area contributed by atoms with Crippen LogP contribution in [0, 0.1) is 11.6 Å². The summed E-state index contributed by atoms with van der Waals surface area (Å²) in [6.45, 7) is 2.13. The molecule has 144 valence electrons. The first-order chi connectivity index (χ1) is 13.0. The Kier molecular flexibility index (Phi) is 8.26. The van der Waals surface area contributed by atoms with Crippen molar-refractivity contribution in [1.29, 1.82) is 0 Å². The van der Waals surface area contributed by atoms with Crippen LogP contribution in [0.4, 0.5) is 8.78 Å². The van der Waals surface area contributed by atoms with Crippen LogP contribution in [0.3, 0.4) is 0 Å². The molecule has 2 aromatic rings. The number of halogens is 2. The Hall–Kier alpha value is -2.41. The highest BCUT2D eigenvalue weighted by Gasteiger charge is 2.18. The first-order valence-corrected chi connectivity index (χ1v) is 9.59. The van der Waals surface area contributed by atoms with Crippen LogP contribution in [0.25, 0.3) is 0 Å². The van der Waals surface area contributed by atoms with Crippen molar-refractivity contribution in [2.45, 2.75) is 18.6 Å². The van der Waals surface area contributed by atoms with Crippen molar-refractivity contribution in [2.24, 2.45) is 0 Å². The van der Waals surface area contributed by atoms with Crippen LogP contribution in [-0.2, 0) is 14.3 Å². The van der Waals surface area contributed by atoms with Gasteiger partial charge in [-0.15, -0.1) is 11.8 Å². The van der Waals surface area contributed by atoms with E-state index in [1.54, 1.807) is 24.3 Å². The zero-order chi connectivity index (χ0) is 19.6. The third-order valence-corrected chi connectivity index (χ3v) is 4.93. The van der Waals surface area contributed by atoms with Crippen molar-refractivity contribution in [3.05, 3.63) is 71.3 Å². The Balaban J connectivity index is 2.00. The molecule has 2 rings (SSSR count). The number of rotatable bonds is 9. The van der Waals surface area contributed by atoms with Gasteiger partial charge in [0.25, 0.3) is 5.91 Å². The van der Waals surface area contributed by atoms with Crippen LogP contribution in [0.2, 0.25) is 0 Å². The van der Waals surface area contributed by atoms with Crippen molar-refractivity contribution < 1.29 is 23.1 Å². The molecule has 0 aliphatic heterocycles. The predicted molar refractivity (Wildman–Crippen MR) is 101 cm³/mol. The normalized spacial score (nSPS) is 10.7. The standard InChI is InChI=1S/C20H21F2NO3S/c1-2-11-23-18(24)12-26-19(25)13-27-20(14-3-7-16(21)8-4-14)15-5-9-17(22)10-6-15/h3-10,20H,2,11-13H2,1H3,(H,23,24). The number of benzene rings is 2. The van der Waals surface area contributed by atoms with Gasteiger partial charge in [-0.05, 0) is 41.8 Å². The lowest BCUT2D eigenvalue weighted by Crippen LogP contribution is -2.29. The van der Waals surface area contributed by atoms with Crippen LogP contribution in [0.5, 0.6) is 0 Å². The van der Waals surface area contributed by atoms with Gasteiger partial charge in [0, 0.05) is 6.54 Å². The summed E-state index contributed by atoms with van der Waals surface area (Å²) < 4.78 is 31.4. The van der Waals surface area contributed by atoms with Crippen molar-refractivity contribution in [3.8, 4) is 0 Å². The maximum absolute atomic E-state index is 13.2. The molecule has 0 bridgehead atoms. The molecular weight excluding hydrogens is 372 g/mol. The Morgan fingerprint density at radius 3 is 2.00 bits per heavy atom. The summed E-state index contributed by atoms with van der Waals surface area (Å²) in [6.07, 6.45) is 0.798. The number of hydrogen-bond donors (Lipinski definition) is 1. The average molecular weight is 393 g/mol. The van der Waals surface area contributed by atoms with Gasteiger partial charge in [0.05, 0.1) is 11.0 Å². The Labute approximate surface area is 161 Å². The Morgan fingerprint density at radius 2 is 1.52 bits per heavy atom. The second-order valence-corrected chi connectivity index (χ2v) is 6.90. The number of ether oxygens (including phenoxy) is 1. The molecule has 0 aliphatic carbocycles. The smallest absolute Gasteiger partial charge is 0.316 e. The average Bonchev–Trinajstić information content (AvgIpc) is 2.67. The monoisotopic (exact) mass is 393 g/mol. The maximum Gasteiger partial charge on any atom is 0.316 e. The highest BCUT2D eigenvalue weighted by molar-refractivity contribution is 8.00. The van der Waals surface area contributed by atoms with Crippen LogP contribution in [0.15, 0.2) is 48.5 Å². The summed E-state index contributed by atoms with van der Waals surface area (Å²) in [5.74, 6) is -1.59. The Bertz CT molecular complexity index is 705. The molecule has 0 unspecified atom stereocenters. The summed E-state index contributed by atoms with van der Waals surface area (Å²) in [7, 11) is 0. The zero-order valence-electron chi connectivity index (χ0n) is 14.9. The van der Waals surface area contributed by atoms with Gasteiger partial charge >= 0.3 is 5.97 Å². The van der Waals surface area contributed by atoms with Crippen LogP contribution < -0.4 is 5.32 Å².